The summed E-state index contributed by atoms with van der Waals surface area (Å²) in [6.45, 7) is 6.67. The summed E-state index contributed by atoms with van der Waals surface area (Å²) in [6.07, 6.45) is 8.29. The summed E-state index contributed by atoms with van der Waals surface area (Å²) in [5.74, 6) is 1.16. The fourth-order valence-electron chi connectivity index (χ4n) is 3.57. The number of amides is 1. The van der Waals surface area contributed by atoms with Crippen molar-refractivity contribution < 1.29 is 4.79 Å². The van der Waals surface area contributed by atoms with Crippen molar-refractivity contribution in [3.8, 4) is 0 Å². The minimum Gasteiger partial charge on any atom is -0.323 e. The average Bonchev–Trinajstić information content (AvgIpc) is 2.86. The lowest BCUT2D eigenvalue weighted by molar-refractivity contribution is -0.132. The first kappa shape index (κ1) is 13.9. The fourth-order valence-corrected chi connectivity index (χ4v) is 3.57. The van der Waals surface area contributed by atoms with Crippen LogP contribution in [0.2, 0.25) is 0 Å². The van der Waals surface area contributed by atoms with Crippen molar-refractivity contribution in [2.24, 2.45) is 5.92 Å². The second kappa shape index (κ2) is 6.05. The largest absolute Gasteiger partial charge is 0.323 e. The highest BCUT2D eigenvalue weighted by Crippen LogP contribution is 2.33. The van der Waals surface area contributed by atoms with E-state index in [1.165, 1.54) is 19.3 Å². The van der Waals surface area contributed by atoms with Crippen molar-refractivity contribution in [1.82, 2.24) is 10.2 Å². The van der Waals surface area contributed by atoms with Gasteiger partial charge in [0.15, 0.2) is 0 Å². The van der Waals surface area contributed by atoms with Crippen LogP contribution in [0.1, 0.15) is 65.7 Å². The third kappa shape index (κ3) is 2.71. The summed E-state index contributed by atoms with van der Waals surface area (Å²) in [4.78, 5) is 14.7. The van der Waals surface area contributed by atoms with Crippen LogP contribution in [0.5, 0.6) is 0 Å². The smallest absolute Gasteiger partial charge is 0.241 e. The van der Waals surface area contributed by atoms with Gasteiger partial charge in [0.1, 0.15) is 0 Å². The second-order valence-corrected chi connectivity index (χ2v) is 6.13. The zero-order chi connectivity index (χ0) is 13.1. The number of rotatable bonds is 5. The lowest BCUT2D eigenvalue weighted by Crippen LogP contribution is -2.43. The molecule has 0 bridgehead atoms. The molecule has 104 valence electrons. The van der Waals surface area contributed by atoms with Gasteiger partial charge in [-0.15, -0.1) is 0 Å². The molecule has 1 heterocycles. The molecule has 2 aliphatic rings. The van der Waals surface area contributed by atoms with Gasteiger partial charge in [-0.3, -0.25) is 10.1 Å². The van der Waals surface area contributed by atoms with Gasteiger partial charge in [0, 0.05) is 6.04 Å². The summed E-state index contributed by atoms with van der Waals surface area (Å²) >= 11 is 0. The van der Waals surface area contributed by atoms with Crippen LogP contribution >= 0.6 is 0 Å². The first-order chi connectivity index (χ1) is 8.67. The Labute approximate surface area is 111 Å². The van der Waals surface area contributed by atoms with Crippen LogP contribution in [0.15, 0.2) is 0 Å². The van der Waals surface area contributed by atoms with Gasteiger partial charge in [-0.25, -0.2) is 0 Å². The standard InChI is InChI=1S/C15H28N2O/c1-4-6-13-15(18)17(14(16-13)7-5-2)12-9-8-11(3)10-12/h11-14,16H,4-10H2,1-3H3. The Kier molecular flexibility index (Phi) is 4.66. The molecule has 4 unspecified atom stereocenters. The zero-order valence-electron chi connectivity index (χ0n) is 12.1. The molecule has 3 nitrogen and oxygen atoms in total. The number of hydrogen-bond donors (Lipinski definition) is 1. The SMILES string of the molecule is CCCC1NC(CCC)N(C2CCC(C)C2)C1=O. The van der Waals surface area contributed by atoms with Crippen molar-refractivity contribution in [3.63, 3.8) is 0 Å². The van der Waals surface area contributed by atoms with E-state index >= 15 is 0 Å². The molecular weight excluding hydrogens is 224 g/mol. The fraction of sp³-hybridized carbons (Fsp3) is 0.933. The van der Waals surface area contributed by atoms with Crippen LogP contribution in [-0.4, -0.2) is 29.1 Å². The molecule has 1 amide bonds. The van der Waals surface area contributed by atoms with Gasteiger partial charge in [-0.1, -0.05) is 33.6 Å². The number of carbonyl (C=O) groups excluding carboxylic acids is 1. The van der Waals surface area contributed by atoms with E-state index in [1.54, 1.807) is 0 Å². The summed E-state index contributed by atoms with van der Waals surface area (Å²) < 4.78 is 0. The highest BCUT2D eigenvalue weighted by atomic mass is 16.2. The molecule has 1 aliphatic carbocycles. The number of nitrogens with zero attached hydrogens (tertiary/aromatic N) is 1. The van der Waals surface area contributed by atoms with Crippen LogP contribution in [0.25, 0.3) is 0 Å². The first-order valence-corrected chi connectivity index (χ1v) is 7.75. The summed E-state index contributed by atoms with van der Waals surface area (Å²) in [6, 6.07) is 0.584. The van der Waals surface area contributed by atoms with E-state index in [4.69, 9.17) is 0 Å². The maximum atomic E-state index is 12.5. The Bertz CT molecular complexity index is 292. The molecule has 0 aromatic carbocycles. The number of hydrogen-bond acceptors (Lipinski definition) is 2. The maximum absolute atomic E-state index is 12.5. The van der Waals surface area contributed by atoms with E-state index in [0.29, 0.717) is 18.1 Å². The van der Waals surface area contributed by atoms with E-state index in [1.807, 2.05) is 0 Å². The van der Waals surface area contributed by atoms with E-state index < -0.39 is 0 Å². The monoisotopic (exact) mass is 252 g/mol. The van der Waals surface area contributed by atoms with Crippen LogP contribution in [0, 0.1) is 5.92 Å². The highest BCUT2D eigenvalue weighted by molar-refractivity contribution is 5.84. The molecule has 0 radical (unpaired) electrons. The van der Waals surface area contributed by atoms with Crippen LogP contribution in [0.4, 0.5) is 0 Å². The molecule has 3 heteroatoms. The van der Waals surface area contributed by atoms with Gasteiger partial charge < -0.3 is 4.90 Å². The third-order valence-corrected chi connectivity index (χ3v) is 4.48. The summed E-state index contributed by atoms with van der Waals surface area (Å²) in [5, 5.41) is 3.56. The van der Waals surface area contributed by atoms with E-state index in [0.717, 1.165) is 31.6 Å². The Balaban J connectivity index is 2.06. The van der Waals surface area contributed by atoms with Crippen molar-refractivity contribution >= 4 is 5.91 Å². The highest BCUT2D eigenvalue weighted by Gasteiger charge is 2.42. The molecule has 2 rings (SSSR count). The molecule has 18 heavy (non-hydrogen) atoms. The first-order valence-electron chi connectivity index (χ1n) is 7.75. The van der Waals surface area contributed by atoms with Crippen molar-refractivity contribution in [2.75, 3.05) is 0 Å². The molecule has 0 spiro atoms. The van der Waals surface area contributed by atoms with Crippen molar-refractivity contribution in [2.45, 2.75) is 84.0 Å². The van der Waals surface area contributed by atoms with Crippen LogP contribution < -0.4 is 5.32 Å². The summed E-state index contributed by atoms with van der Waals surface area (Å²) in [5.41, 5.74) is 0. The topological polar surface area (TPSA) is 32.3 Å². The van der Waals surface area contributed by atoms with Crippen LogP contribution in [-0.2, 0) is 4.79 Å². The lowest BCUT2D eigenvalue weighted by Gasteiger charge is -2.30. The van der Waals surface area contributed by atoms with Crippen molar-refractivity contribution in [3.05, 3.63) is 0 Å². The van der Waals surface area contributed by atoms with Gasteiger partial charge in [0.05, 0.1) is 12.2 Å². The minimum absolute atomic E-state index is 0.0856. The molecule has 0 aromatic rings. The van der Waals surface area contributed by atoms with E-state index in [2.05, 4.69) is 31.0 Å². The Morgan fingerprint density at radius 1 is 1.22 bits per heavy atom. The molecular formula is C15H28N2O. The van der Waals surface area contributed by atoms with Gasteiger partial charge in [-0.05, 0) is 38.0 Å². The number of carbonyl (C=O) groups is 1. The Morgan fingerprint density at radius 2 is 1.94 bits per heavy atom. The molecule has 1 N–H and O–H groups in total. The normalized spacial score (nSPS) is 36.6. The Hall–Kier alpha value is -0.570. The third-order valence-electron chi connectivity index (χ3n) is 4.48. The molecule has 0 aromatic heterocycles. The number of nitrogens with one attached hydrogen (secondary N) is 1. The summed E-state index contributed by atoms with van der Waals surface area (Å²) in [7, 11) is 0. The van der Waals surface area contributed by atoms with E-state index in [-0.39, 0.29) is 6.04 Å². The average molecular weight is 252 g/mol. The van der Waals surface area contributed by atoms with Crippen LogP contribution in [0.3, 0.4) is 0 Å². The lowest BCUT2D eigenvalue weighted by atomic mass is 10.1. The minimum atomic E-state index is 0.0856. The van der Waals surface area contributed by atoms with Gasteiger partial charge in [0.2, 0.25) is 5.91 Å². The molecule has 1 saturated carbocycles. The van der Waals surface area contributed by atoms with Crippen molar-refractivity contribution in [1.29, 1.82) is 0 Å². The van der Waals surface area contributed by atoms with Gasteiger partial charge in [-0.2, -0.15) is 0 Å². The van der Waals surface area contributed by atoms with Gasteiger partial charge >= 0.3 is 0 Å². The van der Waals surface area contributed by atoms with Gasteiger partial charge in [0.25, 0.3) is 0 Å². The predicted octanol–water partition coefficient (Wildman–Crippen LogP) is 2.90. The molecule has 4 atom stereocenters. The molecule has 1 aliphatic heterocycles. The maximum Gasteiger partial charge on any atom is 0.241 e. The predicted molar refractivity (Wildman–Crippen MR) is 74.2 cm³/mol. The second-order valence-electron chi connectivity index (χ2n) is 6.13. The molecule has 1 saturated heterocycles. The quantitative estimate of drug-likeness (QED) is 0.816. The van der Waals surface area contributed by atoms with E-state index in [9.17, 15) is 4.79 Å². The Morgan fingerprint density at radius 3 is 2.50 bits per heavy atom. The zero-order valence-corrected chi connectivity index (χ0v) is 12.1. The molecule has 2 fully saturated rings.